The average Bonchev–Trinajstić information content (AvgIpc) is 3.01. The molecule has 0 amide bonds. The second-order valence-electron chi connectivity index (χ2n) is 5.76. The molecule has 0 saturated carbocycles. The van der Waals surface area contributed by atoms with Gasteiger partial charge in [0.1, 0.15) is 5.75 Å². The monoisotopic (exact) mass is 394 g/mol. The predicted octanol–water partition coefficient (Wildman–Crippen LogP) is 4.54. The number of hydrogen-bond acceptors (Lipinski definition) is 5. The maximum Gasteiger partial charge on any atom is 0.416 e. The normalized spacial score (nSPS) is 12.8. The Kier molecular flexibility index (Phi) is 5.31. The first-order valence-corrected chi connectivity index (χ1v) is 8.87. The zero-order valence-corrected chi connectivity index (χ0v) is 15.4. The topological polar surface area (TPSA) is 66.0 Å². The first-order valence-electron chi connectivity index (χ1n) is 7.99. The molecule has 2 N–H and O–H groups in total. The van der Waals surface area contributed by atoms with Crippen LogP contribution < -0.4 is 10.6 Å². The predicted molar refractivity (Wildman–Crippen MR) is 97.9 cm³/mol. The van der Waals surface area contributed by atoms with Crippen molar-refractivity contribution in [3.63, 3.8) is 0 Å². The van der Waals surface area contributed by atoms with Crippen LogP contribution in [0.3, 0.4) is 0 Å². The van der Waals surface area contributed by atoms with Crippen molar-refractivity contribution in [2.45, 2.75) is 23.5 Å². The molecule has 0 aliphatic rings. The van der Waals surface area contributed by atoms with Crippen LogP contribution >= 0.6 is 11.8 Å². The number of aromatic nitrogens is 3. The van der Waals surface area contributed by atoms with Crippen LogP contribution in [0, 0.1) is 0 Å². The number of rotatable bonds is 5. The number of hydrogen-bond donors (Lipinski definition) is 1. The summed E-state index contributed by atoms with van der Waals surface area (Å²) in [6.07, 6.45) is -4.35. The van der Waals surface area contributed by atoms with Crippen LogP contribution in [0.1, 0.15) is 23.3 Å². The number of ether oxygens (including phenoxy) is 1. The average molecular weight is 394 g/mol. The number of thioether (sulfide) groups is 1. The summed E-state index contributed by atoms with van der Waals surface area (Å²) in [7, 11) is 1.55. The molecule has 0 aliphatic carbocycles. The van der Waals surface area contributed by atoms with Crippen LogP contribution in [0.15, 0.2) is 53.7 Å². The van der Waals surface area contributed by atoms with Crippen molar-refractivity contribution < 1.29 is 17.9 Å². The second kappa shape index (κ2) is 7.51. The lowest BCUT2D eigenvalue weighted by Crippen LogP contribution is -2.12. The molecule has 142 valence electrons. The smallest absolute Gasteiger partial charge is 0.416 e. The third-order valence-electron chi connectivity index (χ3n) is 4.00. The van der Waals surface area contributed by atoms with Crippen LogP contribution in [-0.2, 0) is 6.18 Å². The molecule has 27 heavy (non-hydrogen) atoms. The van der Waals surface area contributed by atoms with E-state index in [0.717, 1.165) is 17.7 Å². The number of alkyl halides is 3. The van der Waals surface area contributed by atoms with Gasteiger partial charge < -0.3 is 10.6 Å². The van der Waals surface area contributed by atoms with E-state index in [9.17, 15) is 13.2 Å². The molecule has 0 aliphatic heterocycles. The first-order chi connectivity index (χ1) is 12.8. The lowest BCUT2D eigenvalue weighted by Gasteiger charge is -2.13. The van der Waals surface area contributed by atoms with Gasteiger partial charge in [-0.25, -0.2) is 4.68 Å². The summed E-state index contributed by atoms with van der Waals surface area (Å²) >= 11 is 1.31. The Bertz CT molecular complexity index is 925. The van der Waals surface area contributed by atoms with E-state index in [1.54, 1.807) is 13.2 Å². The van der Waals surface area contributed by atoms with Gasteiger partial charge in [-0.2, -0.15) is 13.2 Å². The van der Waals surface area contributed by atoms with Crippen LogP contribution in [0.4, 0.5) is 13.2 Å². The van der Waals surface area contributed by atoms with Gasteiger partial charge in [0.15, 0.2) is 5.82 Å². The highest BCUT2D eigenvalue weighted by molar-refractivity contribution is 7.99. The van der Waals surface area contributed by atoms with Gasteiger partial charge >= 0.3 is 6.18 Å². The van der Waals surface area contributed by atoms with E-state index in [-0.39, 0.29) is 5.25 Å². The number of nitrogens with two attached hydrogens (primary N) is 1. The lowest BCUT2D eigenvalue weighted by molar-refractivity contribution is -0.137. The van der Waals surface area contributed by atoms with Crippen molar-refractivity contribution in [3.05, 3.63) is 59.7 Å². The SMILES string of the molecule is COc1ccccc1-c1nnc(SC(C)c2ccc(C(F)(F)F)cc2)n1N. The maximum absolute atomic E-state index is 12.7. The Morgan fingerprint density at radius 1 is 1.07 bits per heavy atom. The molecule has 0 spiro atoms. The molecule has 0 fully saturated rings. The van der Waals surface area contributed by atoms with Gasteiger partial charge in [0.05, 0.1) is 18.2 Å². The highest BCUT2D eigenvalue weighted by Gasteiger charge is 2.30. The van der Waals surface area contributed by atoms with Crippen molar-refractivity contribution in [1.29, 1.82) is 0 Å². The van der Waals surface area contributed by atoms with Gasteiger partial charge in [-0.3, -0.25) is 0 Å². The number of para-hydroxylation sites is 1. The van der Waals surface area contributed by atoms with E-state index in [0.29, 0.717) is 22.3 Å². The zero-order chi connectivity index (χ0) is 19.6. The van der Waals surface area contributed by atoms with Crippen LogP contribution in [0.5, 0.6) is 5.75 Å². The first kappa shape index (κ1) is 19.1. The summed E-state index contributed by atoms with van der Waals surface area (Å²) in [5.41, 5.74) is 0.753. The molecule has 2 aromatic carbocycles. The van der Waals surface area contributed by atoms with E-state index in [1.807, 2.05) is 25.1 Å². The summed E-state index contributed by atoms with van der Waals surface area (Å²) in [6.45, 7) is 1.87. The standard InChI is InChI=1S/C18H17F3N4OS/c1-11(12-7-9-13(10-8-12)18(19,20)21)27-17-24-23-16(25(17)22)14-5-3-4-6-15(14)26-2/h3-11H,22H2,1-2H3. The maximum atomic E-state index is 12.7. The Labute approximate surface area is 158 Å². The Balaban J connectivity index is 1.81. The molecule has 1 aromatic heterocycles. The highest BCUT2D eigenvalue weighted by Crippen LogP contribution is 2.37. The fraction of sp³-hybridized carbons (Fsp3) is 0.222. The summed E-state index contributed by atoms with van der Waals surface area (Å²) in [6, 6.07) is 12.3. The minimum absolute atomic E-state index is 0.163. The molecular weight excluding hydrogens is 377 g/mol. The van der Waals surface area contributed by atoms with E-state index < -0.39 is 11.7 Å². The number of nitrogens with zero attached hydrogens (tertiary/aromatic N) is 3. The minimum Gasteiger partial charge on any atom is -0.496 e. The van der Waals surface area contributed by atoms with Crippen molar-refractivity contribution in [3.8, 4) is 17.1 Å². The molecule has 0 saturated heterocycles. The second-order valence-corrected chi connectivity index (χ2v) is 7.06. The van der Waals surface area contributed by atoms with Gasteiger partial charge in [0, 0.05) is 5.25 Å². The lowest BCUT2D eigenvalue weighted by atomic mass is 10.1. The Morgan fingerprint density at radius 2 is 1.74 bits per heavy atom. The molecule has 5 nitrogen and oxygen atoms in total. The van der Waals surface area contributed by atoms with E-state index in [4.69, 9.17) is 10.6 Å². The number of methoxy groups -OCH3 is 1. The largest absolute Gasteiger partial charge is 0.496 e. The third kappa shape index (κ3) is 4.02. The summed E-state index contributed by atoms with van der Waals surface area (Å²) in [5, 5.41) is 8.52. The molecular formula is C18H17F3N4OS. The molecule has 0 radical (unpaired) electrons. The van der Waals surface area contributed by atoms with Crippen molar-refractivity contribution >= 4 is 11.8 Å². The molecule has 1 unspecified atom stereocenters. The Hall–Kier alpha value is -2.68. The summed E-state index contributed by atoms with van der Waals surface area (Å²) < 4.78 is 44.7. The van der Waals surface area contributed by atoms with Crippen molar-refractivity contribution in [1.82, 2.24) is 14.9 Å². The molecule has 9 heteroatoms. The summed E-state index contributed by atoms with van der Waals surface area (Å²) in [5.74, 6) is 7.19. The van der Waals surface area contributed by atoms with E-state index >= 15 is 0 Å². The van der Waals surface area contributed by atoms with Crippen LogP contribution in [0.25, 0.3) is 11.4 Å². The molecule has 1 atom stereocenters. The highest BCUT2D eigenvalue weighted by atomic mass is 32.2. The number of halogens is 3. The molecule has 1 heterocycles. The van der Waals surface area contributed by atoms with Gasteiger partial charge in [0.25, 0.3) is 0 Å². The third-order valence-corrected chi connectivity index (χ3v) is 5.12. The minimum atomic E-state index is -4.35. The van der Waals surface area contributed by atoms with Gasteiger partial charge in [-0.1, -0.05) is 36.0 Å². The van der Waals surface area contributed by atoms with Gasteiger partial charge in [-0.15, -0.1) is 10.2 Å². The summed E-state index contributed by atoms with van der Waals surface area (Å²) in [4.78, 5) is 0. The number of nitrogen functional groups attached to an aromatic ring is 1. The molecule has 3 aromatic rings. The van der Waals surface area contributed by atoms with Crippen molar-refractivity contribution in [2.75, 3.05) is 13.0 Å². The zero-order valence-electron chi connectivity index (χ0n) is 14.6. The van der Waals surface area contributed by atoms with E-state index in [2.05, 4.69) is 10.2 Å². The van der Waals surface area contributed by atoms with Crippen LogP contribution in [0.2, 0.25) is 0 Å². The fourth-order valence-corrected chi connectivity index (χ4v) is 3.44. The fourth-order valence-electron chi connectivity index (χ4n) is 2.54. The van der Waals surface area contributed by atoms with Crippen molar-refractivity contribution in [2.24, 2.45) is 0 Å². The quantitative estimate of drug-likeness (QED) is 0.508. The van der Waals surface area contributed by atoms with Crippen LogP contribution in [-0.4, -0.2) is 22.0 Å². The number of benzene rings is 2. The Morgan fingerprint density at radius 3 is 2.37 bits per heavy atom. The van der Waals surface area contributed by atoms with Gasteiger partial charge in [0.2, 0.25) is 5.16 Å². The molecule has 0 bridgehead atoms. The molecule has 3 rings (SSSR count). The van der Waals surface area contributed by atoms with Gasteiger partial charge in [-0.05, 0) is 36.8 Å². The van der Waals surface area contributed by atoms with E-state index in [1.165, 1.54) is 28.6 Å².